The van der Waals surface area contributed by atoms with Gasteiger partial charge in [0, 0.05) is 13.2 Å². The van der Waals surface area contributed by atoms with Gasteiger partial charge in [-0.25, -0.2) is 0 Å². The van der Waals surface area contributed by atoms with Gasteiger partial charge in [0.05, 0.1) is 6.61 Å². The lowest BCUT2D eigenvalue weighted by molar-refractivity contribution is -0.0531. The van der Waals surface area contributed by atoms with E-state index in [-0.39, 0.29) is 6.61 Å². The van der Waals surface area contributed by atoms with Crippen LogP contribution >= 0.6 is 0 Å². The van der Waals surface area contributed by atoms with E-state index in [4.69, 9.17) is 14.6 Å². The van der Waals surface area contributed by atoms with Gasteiger partial charge in [-0.3, -0.25) is 0 Å². The first-order valence-corrected chi connectivity index (χ1v) is 5.83. The van der Waals surface area contributed by atoms with Crippen LogP contribution in [0.2, 0.25) is 0 Å². The first-order chi connectivity index (χ1) is 7.41. The molecule has 0 saturated heterocycles. The number of ether oxygens (including phenoxy) is 2. The molecule has 3 nitrogen and oxygen atoms in total. The Hall–Kier alpha value is -0.380. The molecule has 0 heterocycles. The molecule has 0 amide bonds. The van der Waals surface area contributed by atoms with E-state index in [1.807, 2.05) is 12.2 Å². The topological polar surface area (TPSA) is 38.7 Å². The second-order valence-corrected chi connectivity index (χ2v) is 3.41. The number of aliphatic hydroxyl groups is 1. The average molecular weight is 216 g/mol. The summed E-state index contributed by atoms with van der Waals surface area (Å²) >= 11 is 0. The Morgan fingerprint density at radius 2 is 1.73 bits per heavy atom. The molecule has 0 bridgehead atoms. The fraction of sp³-hybridized carbons (Fsp3) is 0.833. The molecular formula is C12H24O3. The molecule has 0 aliphatic heterocycles. The van der Waals surface area contributed by atoms with Crippen LogP contribution in [0.25, 0.3) is 0 Å². The van der Waals surface area contributed by atoms with E-state index in [2.05, 4.69) is 6.92 Å². The molecule has 0 radical (unpaired) electrons. The molecule has 0 saturated carbocycles. The quantitative estimate of drug-likeness (QED) is 0.327. The summed E-state index contributed by atoms with van der Waals surface area (Å²) in [6, 6.07) is 0. The predicted octanol–water partition coefficient (Wildman–Crippen LogP) is 2.50. The van der Waals surface area contributed by atoms with Crippen molar-refractivity contribution >= 4 is 0 Å². The maximum Gasteiger partial charge on any atom is 0.146 e. The summed E-state index contributed by atoms with van der Waals surface area (Å²) in [5.41, 5.74) is 0. The van der Waals surface area contributed by atoms with E-state index < -0.39 is 0 Å². The van der Waals surface area contributed by atoms with Crippen molar-refractivity contribution in [1.82, 2.24) is 0 Å². The summed E-state index contributed by atoms with van der Waals surface area (Å²) in [5, 5.41) is 8.51. The van der Waals surface area contributed by atoms with E-state index in [1.54, 1.807) is 0 Å². The Kier molecular flexibility index (Phi) is 13.3. The Bertz CT molecular complexity index is 135. The Morgan fingerprint density at radius 3 is 2.47 bits per heavy atom. The molecule has 0 aromatic rings. The van der Waals surface area contributed by atoms with E-state index in [0.717, 1.165) is 25.9 Å². The summed E-state index contributed by atoms with van der Waals surface area (Å²) < 4.78 is 10.5. The summed E-state index contributed by atoms with van der Waals surface area (Å²) in [4.78, 5) is 0. The molecule has 0 aliphatic carbocycles. The number of unbranched alkanes of at least 4 members (excludes halogenated alkanes) is 2. The van der Waals surface area contributed by atoms with E-state index >= 15 is 0 Å². The lowest BCUT2D eigenvalue weighted by Gasteiger charge is -2.03. The molecule has 90 valence electrons. The number of hydrogen-bond acceptors (Lipinski definition) is 3. The van der Waals surface area contributed by atoms with Crippen molar-refractivity contribution in [3.8, 4) is 0 Å². The zero-order valence-corrected chi connectivity index (χ0v) is 9.78. The molecule has 0 aromatic heterocycles. The Labute approximate surface area is 93.1 Å². The van der Waals surface area contributed by atoms with Gasteiger partial charge in [-0.2, -0.15) is 0 Å². The highest BCUT2D eigenvalue weighted by atomic mass is 16.7. The van der Waals surface area contributed by atoms with Crippen LogP contribution in [0.1, 0.15) is 39.0 Å². The molecule has 0 aliphatic rings. The third-order valence-corrected chi connectivity index (χ3v) is 1.95. The van der Waals surface area contributed by atoms with Crippen LogP contribution in [-0.4, -0.2) is 31.7 Å². The van der Waals surface area contributed by atoms with Gasteiger partial charge in [0.1, 0.15) is 6.79 Å². The third-order valence-electron chi connectivity index (χ3n) is 1.95. The predicted molar refractivity (Wildman–Crippen MR) is 61.8 cm³/mol. The molecule has 15 heavy (non-hydrogen) atoms. The maximum atomic E-state index is 8.51. The molecule has 0 rings (SSSR count). The summed E-state index contributed by atoms with van der Waals surface area (Å²) in [6.07, 6.45) is 9.17. The normalized spacial score (nSPS) is 11.3. The zero-order chi connectivity index (χ0) is 11.2. The van der Waals surface area contributed by atoms with Gasteiger partial charge < -0.3 is 14.6 Å². The number of aliphatic hydroxyl groups excluding tert-OH is 1. The fourth-order valence-electron chi connectivity index (χ4n) is 1.09. The van der Waals surface area contributed by atoms with E-state index in [1.165, 1.54) is 12.8 Å². The van der Waals surface area contributed by atoms with Crippen LogP contribution in [0.4, 0.5) is 0 Å². The molecule has 0 atom stereocenters. The van der Waals surface area contributed by atoms with Crippen LogP contribution < -0.4 is 0 Å². The van der Waals surface area contributed by atoms with Crippen LogP contribution in [0.3, 0.4) is 0 Å². The van der Waals surface area contributed by atoms with Crippen molar-refractivity contribution < 1.29 is 14.6 Å². The highest BCUT2D eigenvalue weighted by Gasteiger charge is 1.88. The highest BCUT2D eigenvalue weighted by Crippen LogP contribution is 1.94. The third kappa shape index (κ3) is 13.6. The van der Waals surface area contributed by atoms with Crippen molar-refractivity contribution in [3.63, 3.8) is 0 Å². The molecule has 1 N–H and O–H groups in total. The lowest BCUT2D eigenvalue weighted by Crippen LogP contribution is -2.02. The molecule has 3 heteroatoms. The maximum absolute atomic E-state index is 8.51. The van der Waals surface area contributed by atoms with Gasteiger partial charge in [0.15, 0.2) is 0 Å². The van der Waals surface area contributed by atoms with Crippen LogP contribution in [0.5, 0.6) is 0 Å². The van der Waals surface area contributed by atoms with Crippen LogP contribution in [0.15, 0.2) is 12.2 Å². The molecule has 0 spiro atoms. The molecule has 0 fully saturated rings. The second-order valence-electron chi connectivity index (χ2n) is 3.41. The van der Waals surface area contributed by atoms with Gasteiger partial charge in [0.2, 0.25) is 0 Å². The van der Waals surface area contributed by atoms with Gasteiger partial charge in [0.25, 0.3) is 0 Å². The van der Waals surface area contributed by atoms with Crippen molar-refractivity contribution in [3.05, 3.63) is 12.2 Å². The average Bonchev–Trinajstić information content (AvgIpc) is 2.26. The Balaban J connectivity index is 2.92. The summed E-state index contributed by atoms with van der Waals surface area (Å²) in [7, 11) is 0. The lowest BCUT2D eigenvalue weighted by atomic mass is 10.3. The monoisotopic (exact) mass is 216 g/mol. The standard InChI is InChI=1S/C12H24O3/c1-2-3-7-10-14-12-15-11-8-5-4-6-9-13/h4-5,13H,2-3,6-12H2,1H3. The van der Waals surface area contributed by atoms with Crippen molar-refractivity contribution in [2.45, 2.75) is 39.0 Å². The minimum atomic E-state index is 0.220. The molecule has 0 unspecified atom stereocenters. The number of hydrogen-bond donors (Lipinski definition) is 1. The first kappa shape index (κ1) is 14.6. The van der Waals surface area contributed by atoms with Gasteiger partial charge in [-0.15, -0.1) is 0 Å². The van der Waals surface area contributed by atoms with Gasteiger partial charge >= 0.3 is 0 Å². The van der Waals surface area contributed by atoms with Crippen LogP contribution in [-0.2, 0) is 9.47 Å². The Morgan fingerprint density at radius 1 is 1.00 bits per heavy atom. The summed E-state index contributed by atoms with van der Waals surface area (Å²) in [6.45, 7) is 4.29. The molecular weight excluding hydrogens is 192 g/mol. The highest BCUT2D eigenvalue weighted by molar-refractivity contribution is 4.80. The summed E-state index contributed by atoms with van der Waals surface area (Å²) in [5.74, 6) is 0. The van der Waals surface area contributed by atoms with Crippen molar-refractivity contribution in [2.24, 2.45) is 0 Å². The minimum Gasteiger partial charge on any atom is -0.396 e. The van der Waals surface area contributed by atoms with Crippen molar-refractivity contribution in [1.29, 1.82) is 0 Å². The first-order valence-electron chi connectivity index (χ1n) is 5.83. The van der Waals surface area contributed by atoms with Crippen molar-refractivity contribution in [2.75, 3.05) is 26.6 Å². The molecule has 0 aromatic carbocycles. The largest absolute Gasteiger partial charge is 0.396 e. The SMILES string of the molecule is CCCCCOCOCCC=CCCO. The van der Waals surface area contributed by atoms with E-state index in [9.17, 15) is 0 Å². The van der Waals surface area contributed by atoms with Crippen LogP contribution in [0, 0.1) is 0 Å². The number of rotatable bonds is 11. The van der Waals surface area contributed by atoms with Gasteiger partial charge in [-0.1, -0.05) is 31.9 Å². The minimum absolute atomic E-state index is 0.220. The smallest absolute Gasteiger partial charge is 0.146 e. The van der Waals surface area contributed by atoms with E-state index in [0.29, 0.717) is 13.4 Å². The zero-order valence-electron chi connectivity index (χ0n) is 9.78. The van der Waals surface area contributed by atoms with Gasteiger partial charge in [-0.05, 0) is 19.3 Å². The fourth-order valence-corrected chi connectivity index (χ4v) is 1.09. The second kappa shape index (κ2) is 13.6.